The lowest BCUT2D eigenvalue weighted by Crippen LogP contribution is -2.50. The molecule has 4 fully saturated rings. The van der Waals surface area contributed by atoms with Crippen LogP contribution in [0.25, 0.3) is 0 Å². The van der Waals surface area contributed by atoms with Crippen molar-refractivity contribution >= 4 is 11.6 Å². The quantitative estimate of drug-likeness (QED) is 0.724. The van der Waals surface area contributed by atoms with E-state index in [1.165, 1.54) is 20.6 Å². The molecule has 0 aromatic rings. The van der Waals surface area contributed by atoms with Crippen molar-refractivity contribution < 1.29 is 19.1 Å². The van der Waals surface area contributed by atoms with Gasteiger partial charge in [0.1, 0.15) is 5.78 Å². The lowest BCUT2D eigenvalue weighted by molar-refractivity contribution is -0.232. The highest BCUT2D eigenvalue weighted by atomic mass is 16.7. The number of carbonyl (C=O) groups excluding carboxylic acids is 2. The summed E-state index contributed by atoms with van der Waals surface area (Å²) in [6.07, 6.45) is 3.48. The maximum Gasteiger partial charge on any atom is 0.232 e. The van der Waals surface area contributed by atoms with E-state index >= 15 is 0 Å². The van der Waals surface area contributed by atoms with Crippen LogP contribution in [-0.4, -0.2) is 31.6 Å². The minimum Gasteiger partial charge on any atom is -0.347 e. The highest BCUT2D eigenvalue weighted by Crippen LogP contribution is 2.84. The molecule has 4 aliphatic carbocycles. The monoisotopic (exact) mass is 264 g/mol. The number of rotatable bonds is 3. The standard InChI is InChI=1S/C15H20O4/c1-7(16)14-10-8-5-4-6-9(8)12(14)15(18-2,19-3)13(17)11(10)14/h8-12H,4-6H2,1-3H3/t8-,9+,10?,11?,12-,14?/m1/s1. The third-order valence-corrected chi connectivity index (χ3v) is 6.60. The van der Waals surface area contributed by atoms with Crippen molar-refractivity contribution in [2.75, 3.05) is 14.2 Å². The Bertz CT molecular complexity index is 481. The average Bonchev–Trinajstić information content (AvgIpc) is 2.69. The van der Waals surface area contributed by atoms with Gasteiger partial charge in [0.2, 0.25) is 5.79 Å². The van der Waals surface area contributed by atoms with Gasteiger partial charge >= 0.3 is 0 Å². The second-order valence-electron chi connectivity index (χ2n) is 6.67. The van der Waals surface area contributed by atoms with E-state index in [2.05, 4.69) is 0 Å². The number of Topliss-reactive ketones (excluding diaryl/α,β-unsaturated/α-hetero) is 2. The second-order valence-corrected chi connectivity index (χ2v) is 6.67. The largest absolute Gasteiger partial charge is 0.347 e. The minimum atomic E-state index is -1.16. The fourth-order valence-electron chi connectivity index (χ4n) is 6.23. The van der Waals surface area contributed by atoms with E-state index < -0.39 is 11.2 Å². The molecule has 0 saturated heterocycles. The normalized spacial score (nSPS) is 52.2. The smallest absolute Gasteiger partial charge is 0.232 e. The van der Waals surface area contributed by atoms with Gasteiger partial charge in [0.15, 0.2) is 5.78 Å². The molecule has 0 aliphatic heterocycles. The first-order valence-corrected chi connectivity index (χ1v) is 7.23. The Labute approximate surface area is 112 Å². The molecule has 0 amide bonds. The van der Waals surface area contributed by atoms with Crippen molar-refractivity contribution in [3.05, 3.63) is 0 Å². The molecule has 4 heteroatoms. The van der Waals surface area contributed by atoms with E-state index in [0.717, 1.165) is 12.8 Å². The summed E-state index contributed by atoms with van der Waals surface area (Å²) >= 11 is 0. The number of ketones is 2. The van der Waals surface area contributed by atoms with E-state index in [-0.39, 0.29) is 29.3 Å². The van der Waals surface area contributed by atoms with Gasteiger partial charge in [-0.05, 0) is 37.5 Å². The SMILES string of the molecule is COC1(OC)C(=O)C2C3[C@@H]4CCC[C@@H]4[C@@H]1C23C(C)=O. The molecular formula is C15H20O4. The van der Waals surface area contributed by atoms with Crippen LogP contribution in [-0.2, 0) is 19.1 Å². The maximum atomic E-state index is 12.7. The molecule has 0 aromatic carbocycles. The first-order chi connectivity index (χ1) is 9.07. The topological polar surface area (TPSA) is 52.6 Å². The van der Waals surface area contributed by atoms with Crippen molar-refractivity contribution in [3.63, 3.8) is 0 Å². The zero-order valence-electron chi connectivity index (χ0n) is 11.6. The molecule has 19 heavy (non-hydrogen) atoms. The summed E-state index contributed by atoms with van der Waals surface area (Å²) < 4.78 is 11.1. The molecule has 0 N–H and O–H groups in total. The molecule has 4 rings (SSSR count). The number of carbonyl (C=O) groups is 2. The second kappa shape index (κ2) is 3.29. The van der Waals surface area contributed by atoms with Crippen LogP contribution in [0.15, 0.2) is 0 Å². The number of methoxy groups -OCH3 is 2. The Kier molecular flexibility index (Phi) is 2.08. The molecule has 4 saturated carbocycles. The number of hydrogen-bond acceptors (Lipinski definition) is 4. The lowest BCUT2D eigenvalue weighted by atomic mass is 9.78. The molecule has 4 aliphatic rings. The van der Waals surface area contributed by atoms with E-state index in [4.69, 9.17) is 9.47 Å². The van der Waals surface area contributed by atoms with E-state index in [0.29, 0.717) is 11.8 Å². The van der Waals surface area contributed by atoms with Crippen LogP contribution in [0.5, 0.6) is 0 Å². The van der Waals surface area contributed by atoms with Gasteiger partial charge in [-0.2, -0.15) is 0 Å². The lowest BCUT2D eigenvalue weighted by Gasteiger charge is -2.36. The van der Waals surface area contributed by atoms with Crippen LogP contribution in [0.1, 0.15) is 26.2 Å². The summed E-state index contributed by atoms with van der Waals surface area (Å²) in [5.41, 5.74) is -0.446. The predicted octanol–water partition coefficient (Wildman–Crippen LogP) is 1.43. The zero-order valence-corrected chi connectivity index (χ0v) is 11.6. The highest BCUT2D eigenvalue weighted by Gasteiger charge is 2.92. The molecular weight excluding hydrogens is 244 g/mol. The number of hydrogen-bond donors (Lipinski definition) is 0. The molecule has 6 atom stereocenters. The Morgan fingerprint density at radius 1 is 1.21 bits per heavy atom. The van der Waals surface area contributed by atoms with Gasteiger partial charge in [-0.3, -0.25) is 9.59 Å². The van der Waals surface area contributed by atoms with Crippen molar-refractivity contribution in [2.24, 2.45) is 35.0 Å². The summed E-state index contributed by atoms with van der Waals surface area (Å²) in [5, 5.41) is 0. The Hall–Kier alpha value is -0.740. The average molecular weight is 264 g/mol. The number of ether oxygens (including phenoxy) is 2. The van der Waals surface area contributed by atoms with Crippen molar-refractivity contribution in [1.82, 2.24) is 0 Å². The zero-order chi connectivity index (χ0) is 13.6. The Balaban J connectivity index is 1.90. The van der Waals surface area contributed by atoms with Gasteiger partial charge in [0.25, 0.3) is 0 Å². The van der Waals surface area contributed by atoms with Crippen molar-refractivity contribution in [3.8, 4) is 0 Å². The molecule has 0 heterocycles. The van der Waals surface area contributed by atoms with Crippen LogP contribution in [0, 0.1) is 35.0 Å². The fourth-order valence-corrected chi connectivity index (χ4v) is 6.23. The van der Waals surface area contributed by atoms with Crippen LogP contribution in [0.4, 0.5) is 0 Å². The Morgan fingerprint density at radius 3 is 2.42 bits per heavy atom. The molecule has 4 nitrogen and oxygen atoms in total. The van der Waals surface area contributed by atoms with Crippen LogP contribution in [0.3, 0.4) is 0 Å². The van der Waals surface area contributed by atoms with Crippen LogP contribution < -0.4 is 0 Å². The first kappa shape index (κ1) is 12.0. The Morgan fingerprint density at radius 2 is 1.84 bits per heavy atom. The maximum absolute atomic E-state index is 12.7. The van der Waals surface area contributed by atoms with E-state index in [9.17, 15) is 9.59 Å². The third kappa shape index (κ3) is 0.944. The van der Waals surface area contributed by atoms with Crippen LogP contribution >= 0.6 is 0 Å². The van der Waals surface area contributed by atoms with E-state index in [1.54, 1.807) is 6.92 Å². The summed E-state index contributed by atoms with van der Waals surface area (Å²) in [6, 6.07) is 0. The summed E-state index contributed by atoms with van der Waals surface area (Å²) in [6.45, 7) is 1.65. The van der Waals surface area contributed by atoms with Gasteiger partial charge in [-0.1, -0.05) is 6.42 Å². The third-order valence-electron chi connectivity index (χ3n) is 6.60. The van der Waals surface area contributed by atoms with E-state index in [1.807, 2.05) is 0 Å². The molecule has 0 bridgehead atoms. The molecule has 104 valence electrons. The minimum absolute atomic E-state index is 0.0251. The van der Waals surface area contributed by atoms with Gasteiger partial charge in [0, 0.05) is 26.1 Å². The number of fused-ring (bicyclic) bond motifs is 4. The predicted molar refractivity (Wildman–Crippen MR) is 66.2 cm³/mol. The molecule has 3 unspecified atom stereocenters. The fraction of sp³-hybridized carbons (Fsp3) is 0.867. The molecule has 0 radical (unpaired) electrons. The summed E-state index contributed by atoms with van der Waals surface area (Å²) in [4.78, 5) is 25.0. The summed E-state index contributed by atoms with van der Waals surface area (Å²) in [7, 11) is 3.08. The highest BCUT2D eigenvalue weighted by molar-refractivity contribution is 6.06. The molecule has 0 aromatic heterocycles. The first-order valence-electron chi connectivity index (χ1n) is 7.23. The summed E-state index contributed by atoms with van der Waals surface area (Å²) in [5.74, 6) is 0.108. The van der Waals surface area contributed by atoms with Gasteiger partial charge in [-0.25, -0.2) is 0 Å². The van der Waals surface area contributed by atoms with Gasteiger partial charge < -0.3 is 9.47 Å². The molecule has 0 spiro atoms. The van der Waals surface area contributed by atoms with Crippen molar-refractivity contribution in [1.29, 1.82) is 0 Å². The van der Waals surface area contributed by atoms with Gasteiger partial charge in [-0.15, -0.1) is 0 Å². The van der Waals surface area contributed by atoms with Gasteiger partial charge in [0.05, 0.1) is 5.41 Å². The van der Waals surface area contributed by atoms with Crippen LogP contribution in [0.2, 0.25) is 0 Å². The van der Waals surface area contributed by atoms with Crippen molar-refractivity contribution in [2.45, 2.75) is 32.0 Å².